The van der Waals surface area contributed by atoms with Gasteiger partial charge in [-0.15, -0.1) is 0 Å². The van der Waals surface area contributed by atoms with Crippen molar-refractivity contribution in [2.45, 2.75) is 91.5 Å². The zero-order valence-electron chi connectivity index (χ0n) is 20.2. The summed E-state index contributed by atoms with van der Waals surface area (Å²) in [6.45, 7) is 9.20. The molecule has 0 heterocycles. The van der Waals surface area contributed by atoms with Crippen LogP contribution in [0, 0.1) is 45.8 Å². The maximum atomic E-state index is 13.9. The molecule has 0 aromatic heterocycles. The lowest BCUT2D eigenvalue weighted by Gasteiger charge is -2.64. The maximum Gasteiger partial charge on any atom is 0.312 e. The smallest absolute Gasteiger partial charge is 0.312 e. The van der Waals surface area contributed by atoms with Crippen LogP contribution >= 0.6 is 0 Å². The van der Waals surface area contributed by atoms with Gasteiger partial charge in [0.05, 0.1) is 0 Å². The Labute approximate surface area is 192 Å². The number of hydrogen-bond acceptors (Lipinski definition) is 3. The predicted octanol–water partition coefficient (Wildman–Crippen LogP) is 4.79. The fourth-order valence-electron chi connectivity index (χ4n) is 9.51. The van der Waals surface area contributed by atoms with Gasteiger partial charge in [0, 0.05) is 24.3 Å². The van der Waals surface area contributed by atoms with E-state index in [1.165, 1.54) is 12.0 Å². The molecule has 9 atom stereocenters. The molecule has 2 amide bonds. The summed E-state index contributed by atoms with van der Waals surface area (Å²) in [5.41, 5.74) is 6.90. The summed E-state index contributed by atoms with van der Waals surface area (Å²) >= 11 is 0. The highest BCUT2D eigenvalue weighted by atomic mass is 16.2. The van der Waals surface area contributed by atoms with E-state index in [0.717, 1.165) is 44.9 Å². The molecule has 0 aromatic carbocycles. The van der Waals surface area contributed by atoms with E-state index >= 15 is 0 Å². The molecule has 5 aliphatic carbocycles. The lowest BCUT2D eigenvalue weighted by Crippen LogP contribution is -2.61. The summed E-state index contributed by atoms with van der Waals surface area (Å²) in [6, 6.07) is -0.344. The number of urea groups is 1. The molecule has 5 nitrogen and oxygen atoms in total. The van der Waals surface area contributed by atoms with Crippen LogP contribution < -0.4 is 11.1 Å². The Morgan fingerprint density at radius 1 is 1.00 bits per heavy atom. The van der Waals surface area contributed by atoms with E-state index in [2.05, 4.69) is 33.0 Å². The van der Waals surface area contributed by atoms with E-state index in [9.17, 15) is 14.4 Å². The van der Waals surface area contributed by atoms with Crippen LogP contribution in [0.4, 0.5) is 4.79 Å². The van der Waals surface area contributed by atoms with Crippen LogP contribution in [0.3, 0.4) is 0 Å². The molecule has 0 spiro atoms. The molecular weight excluding hydrogens is 400 g/mol. The van der Waals surface area contributed by atoms with E-state index in [1.807, 2.05) is 6.08 Å². The van der Waals surface area contributed by atoms with Crippen LogP contribution in [0.5, 0.6) is 0 Å². The van der Waals surface area contributed by atoms with E-state index in [4.69, 9.17) is 5.73 Å². The largest absolute Gasteiger partial charge is 0.352 e. The summed E-state index contributed by atoms with van der Waals surface area (Å²) in [4.78, 5) is 37.9. The fraction of sp³-hybridized carbons (Fsp3) is 0.815. The first-order valence-electron chi connectivity index (χ1n) is 12.8. The van der Waals surface area contributed by atoms with Crippen molar-refractivity contribution in [1.29, 1.82) is 0 Å². The number of amides is 2. The molecule has 4 saturated carbocycles. The normalized spacial score (nSPS) is 50.3. The highest BCUT2D eigenvalue weighted by molar-refractivity contribution is 5.95. The van der Waals surface area contributed by atoms with E-state index in [0.29, 0.717) is 35.7 Å². The van der Waals surface area contributed by atoms with Crippen molar-refractivity contribution >= 4 is 17.6 Å². The third-order valence-corrected chi connectivity index (χ3v) is 11.2. The SMILES string of the molecule is CC1C(=O)CCC2(C)C1CCC1(C)C3CCC4(C)CCC(NC(N)=O)CC4C3=CC(=O)C12. The van der Waals surface area contributed by atoms with E-state index in [-0.39, 0.29) is 34.1 Å². The molecule has 3 N–H and O–H groups in total. The van der Waals surface area contributed by atoms with Gasteiger partial charge in [0.15, 0.2) is 5.78 Å². The summed E-state index contributed by atoms with van der Waals surface area (Å²) in [5, 5.41) is 2.95. The Bertz CT molecular complexity index is 895. The molecule has 9 unspecified atom stereocenters. The number of hydrogen-bond donors (Lipinski definition) is 2. The minimum absolute atomic E-state index is 0.0190. The van der Waals surface area contributed by atoms with Crippen LogP contribution in [0.1, 0.15) is 85.5 Å². The Morgan fingerprint density at radius 3 is 2.44 bits per heavy atom. The molecule has 4 fully saturated rings. The molecule has 176 valence electrons. The number of Topliss-reactive ketones (excluding diaryl/α,β-unsaturated/α-hetero) is 1. The number of primary amides is 1. The number of allylic oxidation sites excluding steroid dienone is 2. The van der Waals surface area contributed by atoms with Crippen molar-refractivity contribution in [3.63, 3.8) is 0 Å². The molecule has 0 aromatic rings. The van der Waals surface area contributed by atoms with Crippen LogP contribution in [0.25, 0.3) is 0 Å². The Hall–Kier alpha value is -1.65. The summed E-state index contributed by atoms with van der Waals surface area (Å²) in [5.74, 6) is 1.89. The van der Waals surface area contributed by atoms with Gasteiger partial charge >= 0.3 is 6.03 Å². The van der Waals surface area contributed by atoms with Gasteiger partial charge in [0.2, 0.25) is 0 Å². The van der Waals surface area contributed by atoms with Crippen LogP contribution in [0.15, 0.2) is 11.6 Å². The zero-order valence-corrected chi connectivity index (χ0v) is 20.2. The van der Waals surface area contributed by atoms with Gasteiger partial charge in [0.1, 0.15) is 5.78 Å². The lowest BCUT2D eigenvalue weighted by atomic mass is 9.39. The van der Waals surface area contributed by atoms with Gasteiger partial charge in [-0.1, -0.05) is 33.3 Å². The van der Waals surface area contributed by atoms with Gasteiger partial charge in [-0.2, -0.15) is 0 Å². The third kappa shape index (κ3) is 2.98. The summed E-state index contributed by atoms with van der Waals surface area (Å²) < 4.78 is 0. The second-order valence-electron chi connectivity index (χ2n) is 12.7. The first kappa shape index (κ1) is 22.2. The first-order chi connectivity index (χ1) is 15.0. The Balaban J connectivity index is 1.52. The minimum Gasteiger partial charge on any atom is -0.352 e. The van der Waals surface area contributed by atoms with E-state index < -0.39 is 6.03 Å². The van der Waals surface area contributed by atoms with Gasteiger partial charge in [-0.25, -0.2) is 4.79 Å². The molecule has 5 rings (SSSR count). The molecule has 5 heteroatoms. The Morgan fingerprint density at radius 2 is 1.72 bits per heavy atom. The standard InChI is InChI=1S/C27H40N2O3/c1-15-18-7-11-27(4)19-6-10-25(2)9-5-16(29-24(28)32)13-20(25)17(19)14-22(31)23(27)26(18,3)12-8-21(15)30/h14-16,18-20,23H,5-13H2,1-4H3,(H3,28,29,32). The van der Waals surface area contributed by atoms with Crippen LogP contribution in [-0.4, -0.2) is 23.6 Å². The van der Waals surface area contributed by atoms with Gasteiger partial charge in [-0.3, -0.25) is 9.59 Å². The van der Waals surface area contributed by atoms with Crippen molar-refractivity contribution in [3.8, 4) is 0 Å². The summed E-state index contributed by atoms with van der Waals surface area (Å²) in [6.07, 6.45) is 10.9. The zero-order chi connectivity index (χ0) is 23.1. The molecule has 5 aliphatic rings. The number of rotatable bonds is 1. The van der Waals surface area contributed by atoms with Crippen LogP contribution in [0.2, 0.25) is 0 Å². The van der Waals surface area contributed by atoms with Crippen molar-refractivity contribution in [1.82, 2.24) is 5.32 Å². The molecule has 0 bridgehead atoms. The van der Waals surface area contributed by atoms with Gasteiger partial charge in [0.25, 0.3) is 0 Å². The third-order valence-electron chi connectivity index (χ3n) is 11.2. The van der Waals surface area contributed by atoms with E-state index in [1.54, 1.807) is 0 Å². The second-order valence-corrected chi connectivity index (χ2v) is 12.7. The Kier molecular flexibility index (Phi) is 4.97. The monoisotopic (exact) mass is 440 g/mol. The van der Waals surface area contributed by atoms with Crippen LogP contribution in [-0.2, 0) is 9.59 Å². The van der Waals surface area contributed by atoms with Gasteiger partial charge in [-0.05, 0) is 91.4 Å². The van der Waals surface area contributed by atoms with Gasteiger partial charge < -0.3 is 11.1 Å². The number of carbonyl (C=O) groups excluding carboxylic acids is 3. The van der Waals surface area contributed by atoms with Crippen molar-refractivity contribution in [2.75, 3.05) is 0 Å². The highest BCUT2D eigenvalue weighted by Crippen LogP contribution is 2.68. The quantitative estimate of drug-likeness (QED) is 0.614. The number of nitrogens with two attached hydrogens (primary N) is 1. The van der Waals surface area contributed by atoms with Crippen molar-refractivity contribution < 1.29 is 14.4 Å². The fourth-order valence-corrected chi connectivity index (χ4v) is 9.51. The number of ketones is 2. The van der Waals surface area contributed by atoms with Crippen molar-refractivity contribution in [3.05, 3.63) is 11.6 Å². The average Bonchev–Trinajstić information content (AvgIpc) is 2.70. The summed E-state index contributed by atoms with van der Waals surface area (Å²) in [7, 11) is 0. The number of fused-ring (bicyclic) bond motifs is 7. The molecule has 0 radical (unpaired) electrons. The lowest BCUT2D eigenvalue weighted by molar-refractivity contribution is -0.164. The highest BCUT2D eigenvalue weighted by Gasteiger charge is 2.64. The number of carbonyl (C=O) groups is 3. The first-order valence-corrected chi connectivity index (χ1v) is 12.8. The predicted molar refractivity (Wildman–Crippen MR) is 124 cm³/mol. The topological polar surface area (TPSA) is 89.3 Å². The average molecular weight is 441 g/mol. The number of nitrogens with one attached hydrogen (secondary N) is 1. The minimum atomic E-state index is -0.445. The van der Waals surface area contributed by atoms with Crippen molar-refractivity contribution in [2.24, 2.45) is 51.6 Å². The molecule has 32 heavy (non-hydrogen) atoms. The molecule has 0 aliphatic heterocycles. The molecular formula is C27H40N2O3. The molecule has 0 saturated heterocycles. The second kappa shape index (κ2) is 7.17. The maximum absolute atomic E-state index is 13.9.